The van der Waals surface area contributed by atoms with Crippen LogP contribution in [0.25, 0.3) is 6.08 Å². The van der Waals surface area contributed by atoms with Crippen LogP contribution in [0.15, 0.2) is 57.6 Å². The Morgan fingerprint density at radius 1 is 1.21 bits per heavy atom. The van der Waals surface area contributed by atoms with E-state index in [2.05, 4.69) is 20.9 Å². The molecule has 24 heavy (non-hydrogen) atoms. The van der Waals surface area contributed by atoms with Crippen LogP contribution in [0.5, 0.6) is 0 Å². The summed E-state index contributed by atoms with van der Waals surface area (Å²) in [6, 6.07) is 11.9. The molecule has 0 radical (unpaired) electrons. The minimum Gasteiger partial charge on any atom is -0.402 e. The predicted octanol–water partition coefficient (Wildman–Crippen LogP) is 4.01. The highest BCUT2D eigenvalue weighted by Crippen LogP contribution is 2.26. The summed E-state index contributed by atoms with van der Waals surface area (Å²) in [5, 5.41) is 11.0. The average molecular weight is 387 g/mol. The van der Waals surface area contributed by atoms with E-state index < -0.39 is 10.9 Å². The highest BCUT2D eigenvalue weighted by Gasteiger charge is 2.27. The van der Waals surface area contributed by atoms with Crippen LogP contribution in [-0.4, -0.2) is 16.8 Å². The number of rotatable bonds is 3. The lowest BCUT2D eigenvalue weighted by atomic mass is 10.1. The Morgan fingerprint density at radius 2 is 1.92 bits per heavy atom. The number of nitro benzene ring substituents is 1. The van der Waals surface area contributed by atoms with E-state index in [1.54, 1.807) is 19.1 Å². The molecule has 7 heteroatoms. The lowest BCUT2D eigenvalue weighted by Gasteiger charge is -2.04. The van der Waals surface area contributed by atoms with Crippen molar-refractivity contribution in [2.75, 3.05) is 0 Å². The fraction of sp³-hybridized carbons (Fsp3) is 0.0588. The molecule has 0 saturated carbocycles. The molecule has 3 rings (SSSR count). The Bertz CT molecular complexity index is 901. The van der Waals surface area contributed by atoms with Crippen LogP contribution in [0.4, 0.5) is 5.69 Å². The highest BCUT2D eigenvalue weighted by molar-refractivity contribution is 9.10. The van der Waals surface area contributed by atoms with Gasteiger partial charge in [0.05, 0.1) is 4.92 Å². The molecular formula is C17H11BrN2O4. The Hall–Kier alpha value is -2.80. The van der Waals surface area contributed by atoms with Crippen molar-refractivity contribution < 1.29 is 14.5 Å². The van der Waals surface area contributed by atoms with E-state index in [-0.39, 0.29) is 17.3 Å². The van der Waals surface area contributed by atoms with Crippen LogP contribution < -0.4 is 0 Å². The molecule has 6 nitrogen and oxygen atoms in total. The second-order valence-electron chi connectivity index (χ2n) is 5.09. The molecule has 0 N–H and O–H groups in total. The second-order valence-corrected chi connectivity index (χ2v) is 6.01. The van der Waals surface area contributed by atoms with E-state index in [1.165, 1.54) is 12.1 Å². The number of hydrogen-bond donors (Lipinski definition) is 0. The Balaban J connectivity index is 1.99. The number of esters is 1. The third-order valence-electron chi connectivity index (χ3n) is 3.53. The van der Waals surface area contributed by atoms with Crippen LogP contribution in [0.3, 0.4) is 0 Å². The molecule has 0 atom stereocenters. The van der Waals surface area contributed by atoms with Crippen molar-refractivity contribution >= 4 is 39.6 Å². The molecule has 2 aromatic carbocycles. The van der Waals surface area contributed by atoms with Gasteiger partial charge in [-0.05, 0) is 36.8 Å². The lowest BCUT2D eigenvalue weighted by molar-refractivity contribution is -0.385. The largest absolute Gasteiger partial charge is 0.402 e. The summed E-state index contributed by atoms with van der Waals surface area (Å²) in [5.41, 5.74) is 1.73. The minimum atomic E-state index is -0.584. The molecule has 0 amide bonds. The first-order valence-corrected chi connectivity index (χ1v) is 7.77. The second kappa shape index (κ2) is 6.37. The fourth-order valence-corrected chi connectivity index (χ4v) is 2.56. The maximum Gasteiger partial charge on any atom is 0.363 e. The number of carbonyl (C=O) groups is 1. The summed E-state index contributed by atoms with van der Waals surface area (Å²) in [4.78, 5) is 26.8. The minimum absolute atomic E-state index is 0.0448. The number of aliphatic imine (C=N–C) groups is 1. The van der Waals surface area contributed by atoms with Gasteiger partial charge in [0.1, 0.15) is 0 Å². The summed E-state index contributed by atoms with van der Waals surface area (Å²) < 4.78 is 6.11. The van der Waals surface area contributed by atoms with E-state index in [0.717, 1.165) is 10.0 Å². The number of cyclic esters (lactones) is 1. The Labute approximate surface area is 145 Å². The molecule has 0 fully saturated rings. The van der Waals surface area contributed by atoms with Crippen LogP contribution in [0.2, 0.25) is 0 Å². The van der Waals surface area contributed by atoms with Gasteiger partial charge in [0.2, 0.25) is 5.90 Å². The van der Waals surface area contributed by atoms with Gasteiger partial charge in [0, 0.05) is 21.7 Å². The summed E-state index contributed by atoms with van der Waals surface area (Å²) >= 11 is 3.34. The fourth-order valence-electron chi connectivity index (χ4n) is 2.29. The van der Waals surface area contributed by atoms with Crippen LogP contribution in [-0.2, 0) is 9.53 Å². The predicted molar refractivity (Wildman–Crippen MR) is 92.6 cm³/mol. The topological polar surface area (TPSA) is 81.8 Å². The number of hydrogen-bond acceptors (Lipinski definition) is 5. The summed E-state index contributed by atoms with van der Waals surface area (Å²) in [5.74, 6) is -0.511. The van der Waals surface area contributed by atoms with Crippen molar-refractivity contribution in [1.82, 2.24) is 0 Å². The van der Waals surface area contributed by atoms with Crippen molar-refractivity contribution in [3.8, 4) is 0 Å². The van der Waals surface area contributed by atoms with E-state index in [1.807, 2.05) is 24.3 Å². The molecule has 1 aliphatic rings. The average Bonchev–Trinajstić information content (AvgIpc) is 2.90. The molecule has 2 aromatic rings. The number of ether oxygens (including phenoxy) is 1. The van der Waals surface area contributed by atoms with Crippen LogP contribution in [0.1, 0.15) is 16.7 Å². The van der Waals surface area contributed by atoms with E-state index >= 15 is 0 Å². The van der Waals surface area contributed by atoms with Gasteiger partial charge in [0.15, 0.2) is 5.70 Å². The number of halogens is 1. The van der Waals surface area contributed by atoms with Crippen molar-refractivity contribution in [3.05, 3.63) is 79.4 Å². The first-order valence-electron chi connectivity index (χ1n) is 6.98. The zero-order chi connectivity index (χ0) is 17.3. The highest BCUT2D eigenvalue weighted by atomic mass is 79.9. The SMILES string of the molecule is Cc1c(C2=N/C(=C/c3ccc(Br)cc3)C(=O)O2)cccc1[N+](=O)[O-]. The molecule has 0 saturated heterocycles. The summed E-state index contributed by atoms with van der Waals surface area (Å²) in [6.45, 7) is 1.60. The van der Waals surface area contributed by atoms with Crippen molar-refractivity contribution in [3.63, 3.8) is 0 Å². The van der Waals surface area contributed by atoms with Crippen molar-refractivity contribution in [2.45, 2.75) is 6.92 Å². The molecule has 0 bridgehead atoms. The monoisotopic (exact) mass is 386 g/mol. The maximum absolute atomic E-state index is 12.0. The van der Waals surface area contributed by atoms with Crippen LogP contribution >= 0.6 is 15.9 Å². The van der Waals surface area contributed by atoms with Gasteiger partial charge < -0.3 is 4.74 Å². The third-order valence-corrected chi connectivity index (χ3v) is 4.05. The number of nitrogens with zero attached hydrogens (tertiary/aromatic N) is 2. The van der Waals surface area contributed by atoms with Gasteiger partial charge in [-0.1, -0.05) is 34.1 Å². The molecule has 120 valence electrons. The molecule has 0 aromatic heterocycles. The van der Waals surface area contributed by atoms with Gasteiger partial charge in [-0.25, -0.2) is 9.79 Å². The van der Waals surface area contributed by atoms with Gasteiger partial charge in [-0.2, -0.15) is 0 Å². The molecule has 0 unspecified atom stereocenters. The third kappa shape index (κ3) is 3.11. The Morgan fingerprint density at radius 3 is 2.58 bits per heavy atom. The number of carbonyl (C=O) groups excluding carboxylic acids is 1. The van der Waals surface area contributed by atoms with Crippen molar-refractivity contribution in [2.24, 2.45) is 4.99 Å². The van der Waals surface area contributed by atoms with E-state index in [9.17, 15) is 14.9 Å². The van der Waals surface area contributed by atoms with Gasteiger partial charge in [-0.15, -0.1) is 0 Å². The Kier molecular flexibility index (Phi) is 4.26. The lowest BCUT2D eigenvalue weighted by Crippen LogP contribution is -2.08. The van der Waals surface area contributed by atoms with Gasteiger partial charge >= 0.3 is 5.97 Å². The summed E-state index contributed by atoms with van der Waals surface area (Å²) in [6.07, 6.45) is 1.61. The zero-order valence-electron chi connectivity index (χ0n) is 12.5. The molecular weight excluding hydrogens is 376 g/mol. The van der Waals surface area contributed by atoms with Crippen LogP contribution in [0, 0.1) is 17.0 Å². The quantitative estimate of drug-likeness (QED) is 0.345. The molecule has 0 aliphatic carbocycles. The van der Waals surface area contributed by atoms with Gasteiger partial charge in [-0.3, -0.25) is 10.1 Å². The standard InChI is InChI=1S/C17H11BrN2O4/c1-10-13(3-2-4-15(10)20(22)23)16-19-14(17(21)24-16)9-11-5-7-12(18)8-6-11/h2-9H,1H3/b14-9+. The summed E-state index contributed by atoms with van der Waals surface area (Å²) in [7, 11) is 0. The van der Waals surface area contributed by atoms with E-state index in [4.69, 9.17) is 4.74 Å². The molecule has 0 spiro atoms. The van der Waals surface area contributed by atoms with E-state index in [0.29, 0.717) is 11.1 Å². The molecule has 1 heterocycles. The first kappa shape index (κ1) is 16.1. The molecule has 1 aliphatic heterocycles. The maximum atomic E-state index is 12.0. The first-order chi connectivity index (χ1) is 11.5. The number of benzene rings is 2. The van der Waals surface area contributed by atoms with Gasteiger partial charge in [0.25, 0.3) is 5.69 Å². The zero-order valence-corrected chi connectivity index (χ0v) is 14.1. The smallest absolute Gasteiger partial charge is 0.363 e. The number of nitro groups is 1. The van der Waals surface area contributed by atoms with Crippen molar-refractivity contribution in [1.29, 1.82) is 0 Å². The normalized spacial score (nSPS) is 15.3.